The van der Waals surface area contributed by atoms with Crippen molar-refractivity contribution in [3.8, 4) is 5.75 Å². The van der Waals surface area contributed by atoms with E-state index in [0.29, 0.717) is 6.61 Å². The van der Waals surface area contributed by atoms with Gasteiger partial charge in [-0.2, -0.15) is 0 Å². The number of rotatable bonds is 6. The number of halogens is 1. The Balaban J connectivity index is 2.83. The van der Waals surface area contributed by atoms with Crippen LogP contribution in [0.3, 0.4) is 0 Å². The van der Waals surface area contributed by atoms with E-state index in [2.05, 4.69) is 17.2 Å². The van der Waals surface area contributed by atoms with E-state index in [1.807, 2.05) is 32.9 Å². The molecule has 0 amide bonds. The summed E-state index contributed by atoms with van der Waals surface area (Å²) in [5, 5.41) is 3.32. The van der Waals surface area contributed by atoms with Crippen LogP contribution in [0.5, 0.6) is 5.75 Å². The number of aromatic nitrogens is 1. The van der Waals surface area contributed by atoms with E-state index in [1.165, 1.54) is 0 Å². The zero-order chi connectivity index (χ0) is 12.9. The molecule has 17 heavy (non-hydrogen) atoms. The molecule has 1 N–H and O–H groups in total. The topological polar surface area (TPSA) is 34.1 Å². The fourth-order valence-corrected chi connectivity index (χ4v) is 1.27. The van der Waals surface area contributed by atoms with Crippen molar-refractivity contribution in [2.75, 3.05) is 11.9 Å². The molecule has 0 fully saturated rings. The maximum atomic E-state index is 6.14. The van der Waals surface area contributed by atoms with Gasteiger partial charge in [0.2, 0.25) is 0 Å². The highest BCUT2D eigenvalue weighted by Crippen LogP contribution is 2.27. The molecule has 96 valence electrons. The molecular weight excluding hydrogens is 236 g/mol. The van der Waals surface area contributed by atoms with Crippen molar-refractivity contribution < 1.29 is 4.74 Å². The molecule has 3 nitrogen and oxygen atoms in total. The van der Waals surface area contributed by atoms with E-state index in [0.717, 1.165) is 18.0 Å². The number of anilines is 1. The fraction of sp³-hybridized carbons (Fsp3) is 0.615. The van der Waals surface area contributed by atoms with E-state index in [-0.39, 0.29) is 10.9 Å². The van der Waals surface area contributed by atoms with E-state index < -0.39 is 0 Å². The van der Waals surface area contributed by atoms with E-state index in [4.69, 9.17) is 16.3 Å². The molecule has 1 aromatic heterocycles. The van der Waals surface area contributed by atoms with Gasteiger partial charge in [0.25, 0.3) is 0 Å². The number of hydrogen-bond acceptors (Lipinski definition) is 3. The first-order valence-corrected chi connectivity index (χ1v) is 6.41. The second-order valence-corrected chi connectivity index (χ2v) is 5.32. The summed E-state index contributed by atoms with van der Waals surface area (Å²) in [7, 11) is 0. The third kappa shape index (κ3) is 4.08. The van der Waals surface area contributed by atoms with Crippen molar-refractivity contribution in [1.29, 1.82) is 0 Å². The monoisotopic (exact) mass is 256 g/mol. The highest BCUT2D eigenvalue weighted by Gasteiger charge is 2.25. The first-order valence-electron chi connectivity index (χ1n) is 5.97. The molecule has 0 bridgehead atoms. The lowest BCUT2D eigenvalue weighted by molar-refractivity contribution is 0.317. The molecule has 1 rings (SSSR count). The summed E-state index contributed by atoms with van der Waals surface area (Å²) in [6, 6.07) is 3.78. The summed E-state index contributed by atoms with van der Waals surface area (Å²) in [6.07, 6.45) is 2.72. The highest BCUT2D eigenvalue weighted by atomic mass is 35.5. The van der Waals surface area contributed by atoms with Crippen LogP contribution in [0.15, 0.2) is 18.3 Å². The van der Waals surface area contributed by atoms with E-state index in [9.17, 15) is 0 Å². The Bertz CT molecular complexity index is 353. The van der Waals surface area contributed by atoms with Crippen LogP contribution >= 0.6 is 11.6 Å². The smallest absolute Gasteiger partial charge is 0.169 e. The SMILES string of the molecule is CCCOc1cccnc1NC(C)(C)C(C)Cl. The summed E-state index contributed by atoms with van der Waals surface area (Å²) in [6.45, 7) is 8.82. The van der Waals surface area contributed by atoms with E-state index in [1.54, 1.807) is 6.20 Å². The van der Waals surface area contributed by atoms with Gasteiger partial charge in [0.15, 0.2) is 11.6 Å². The molecule has 4 heteroatoms. The molecule has 0 saturated carbocycles. The van der Waals surface area contributed by atoms with Crippen LogP contribution in [0, 0.1) is 0 Å². The van der Waals surface area contributed by atoms with Gasteiger partial charge >= 0.3 is 0 Å². The second kappa shape index (κ2) is 6.10. The first-order chi connectivity index (χ1) is 7.97. The zero-order valence-corrected chi connectivity index (χ0v) is 11.7. The van der Waals surface area contributed by atoms with E-state index >= 15 is 0 Å². The Morgan fingerprint density at radius 2 is 2.24 bits per heavy atom. The number of alkyl halides is 1. The summed E-state index contributed by atoms with van der Waals surface area (Å²) in [5.74, 6) is 1.53. The largest absolute Gasteiger partial charge is 0.490 e. The Morgan fingerprint density at radius 3 is 2.82 bits per heavy atom. The van der Waals surface area contributed by atoms with Gasteiger partial charge in [0.05, 0.1) is 12.0 Å². The quantitative estimate of drug-likeness (QED) is 0.789. The van der Waals surface area contributed by atoms with Crippen LogP contribution in [0.1, 0.15) is 34.1 Å². The normalized spacial score (nSPS) is 13.2. The van der Waals surface area contributed by atoms with Crippen LogP contribution in [-0.2, 0) is 0 Å². The molecular formula is C13H21ClN2O. The van der Waals surface area contributed by atoms with Crippen molar-refractivity contribution in [1.82, 2.24) is 4.98 Å². The number of hydrogen-bond donors (Lipinski definition) is 1. The van der Waals surface area contributed by atoms with Crippen LogP contribution in [-0.4, -0.2) is 22.5 Å². The number of ether oxygens (including phenoxy) is 1. The number of nitrogens with zero attached hydrogens (tertiary/aromatic N) is 1. The van der Waals surface area contributed by atoms with Crippen LogP contribution in [0.25, 0.3) is 0 Å². The standard InChI is InChI=1S/C13H21ClN2O/c1-5-9-17-11-7-6-8-15-12(11)16-13(3,4)10(2)14/h6-8,10H,5,9H2,1-4H3,(H,15,16). The molecule has 1 atom stereocenters. The summed E-state index contributed by atoms with van der Waals surface area (Å²) < 4.78 is 5.64. The molecule has 0 saturated heterocycles. The summed E-state index contributed by atoms with van der Waals surface area (Å²) in [5.41, 5.74) is -0.236. The molecule has 0 aromatic carbocycles. The Morgan fingerprint density at radius 1 is 1.53 bits per heavy atom. The molecule has 0 aliphatic carbocycles. The van der Waals surface area contributed by atoms with Gasteiger partial charge in [-0.05, 0) is 39.3 Å². The minimum absolute atomic E-state index is 0.0106. The molecule has 0 aliphatic rings. The van der Waals surface area contributed by atoms with Crippen molar-refractivity contribution in [3.63, 3.8) is 0 Å². The van der Waals surface area contributed by atoms with Gasteiger partial charge in [-0.1, -0.05) is 6.92 Å². The molecule has 0 radical (unpaired) electrons. The van der Waals surface area contributed by atoms with Crippen molar-refractivity contribution in [2.45, 2.75) is 45.0 Å². The van der Waals surface area contributed by atoms with Gasteiger partial charge < -0.3 is 10.1 Å². The van der Waals surface area contributed by atoms with Gasteiger partial charge in [-0.15, -0.1) is 11.6 Å². The lowest BCUT2D eigenvalue weighted by Gasteiger charge is -2.30. The highest BCUT2D eigenvalue weighted by molar-refractivity contribution is 6.21. The lowest BCUT2D eigenvalue weighted by Crippen LogP contribution is -2.39. The maximum Gasteiger partial charge on any atom is 0.169 e. The number of pyridine rings is 1. The third-order valence-corrected chi connectivity index (χ3v) is 3.21. The fourth-order valence-electron chi connectivity index (χ4n) is 1.22. The van der Waals surface area contributed by atoms with Gasteiger partial charge in [-0.25, -0.2) is 4.98 Å². The van der Waals surface area contributed by atoms with Crippen molar-refractivity contribution in [2.24, 2.45) is 0 Å². The molecule has 0 spiro atoms. The maximum absolute atomic E-state index is 6.14. The van der Waals surface area contributed by atoms with Gasteiger partial charge in [0, 0.05) is 11.7 Å². The molecule has 1 heterocycles. The van der Waals surface area contributed by atoms with Crippen LogP contribution in [0.2, 0.25) is 0 Å². The molecule has 0 aliphatic heterocycles. The molecule has 1 unspecified atom stereocenters. The first kappa shape index (κ1) is 14.1. The lowest BCUT2D eigenvalue weighted by atomic mass is 10.0. The minimum atomic E-state index is -0.236. The Kier molecular flexibility index (Phi) is 5.06. The van der Waals surface area contributed by atoms with Crippen molar-refractivity contribution >= 4 is 17.4 Å². The second-order valence-electron chi connectivity index (χ2n) is 4.66. The average Bonchev–Trinajstić information content (AvgIpc) is 2.27. The minimum Gasteiger partial charge on any atom is -0.490 e. The summed E-state index contributed by atoms with van der Waals surface area (Å²) >= 11 is 6.14. The van der Waals surface area contributed by atoms with Crippen LogP contribution in [0.4, 0.5) is 5.82 Å². The Hall–Kier alpha value is -0.960. The van der Waals surface area contributed by atoms with Crippen molar-refractivity contribution in [3.05, 3.63) is 18.3 Å². The summed E-state index contributed by atoms with van der Waals surface area (Å²) in [4.78, 5) is 4.30. The predicted molar refractivity (Wildman–Crippen MR) is 73.0 cm³/mol. The third-order valence-electron chi connectivity index (χ3n) is 2.67. The Labute approximate surface area is 109 Å². The predicted octanol–water partition coefficient (Wildman–Crippen LogP) is 3.69. The average molecular weight is 257 g/mol. The van der Waals surface area contributed by atoms with Crippen LogP contribution < -0.4 is 10.1 Å². The number of nitrogens with one attached hydrogen (secondary N) is 1. The van der Waals surface area contributed by atoms with Gasteiger partial charge in [-0.3, -0.25) is 0 Å². The van der Waals surface area contributed by atoms with Gasteiger partial charge in [0.1, 0.15) is 0 Å². The zero-order valence-electron chi connectivity index (χ0n) is 11.0. The molecule has 1 aromatic rings.